The van der Waals surface area contributed by atoms with Crippen LogP contribution < -0.4 is 10.1 Å². The Hall–Kier alpha value is -3.59. The average Bonchev–Trinajstić information content (AvgIpc) is 2.65. The maximum Gasteiger partial charge on any atom is 0.175 e. The van der Waals surface area contributed by atoms with E-state index < -0.39 is 5.41 Å². The average molecular weight is 375 g/mol. The summed E-state index contributed by atoms with van der Waals surface area (Å²) >= 11 is 0. The van der Waals surface area contributed by atoms with E-state index in [4.69, 9.17) is 11.2 Å². The Morgan fingerprint density at radius 2 is 2.04 bits per heavy atom. The number of phenols is 1. The van der Waals surface area contributed by atoms with Crippen molar-refractivity contribution in [1.82, 2.24) is 9.97 Å². The molecule has 0 bridgehead atoms. The summed E-state index contributed by atoms with van der Waals surface area (Å²) in [4.78, 5) is 20.6. The minimum atomic E-state index is -0.523. The van der Waals surface area contributed by atoms with Crippen molar-refractivity contribution in [3.05, 3.63) is 48.3 Å². The number of aromatic hydroxyl groups is 1. The topological polar surface area (TPSA) is 84.3 Å². The lowest BCUT2D eigenvalue weighted by Crippen LogP contribution is -2.26. The molecular formula is C22H21N3O3. The number of anilines is 2. The number of carbonyl (C=O) groups excluding carboxylic acids is 1. The predicted molar refractivity (Wildman–Crippen MR) is 109 cm³/mol. The SMILES string of the molecule is C#Cc1cccc(Nc2ncnc3cc(O)c(OCC(=O)C(C)(C)C)cc23)c1. The number of aromatic nitrogens is 2. The molecule has 1 aromatic heterocycles. The number of hydrogen-bond donors (Lipinski definition) is 2. The fourth-order valence-corrected chi connectivity index (χ4v) is 2.47. The third-order valence-electron chi connectivity index (χ3n) is 4.20. The van der Waals surface area contributed by atoms with Gasteiger partial charge in [-0.25, -0.2) is 9.97 Å². The number of nitrogens with zero attached hydrogens (tertiary/aromatic N) is 2. The fraction of sp³-hybridized carbons (Fsp3) is 0.227. The molecule has 0 fully saturated rings. The molecule has 0 aliphatic carbocycles. The van der Waals surface area contributed by atoms with E-state index in [9.17, 15) is 9.90 Å². The number of phenolic OH excluding ortho intramolecular Hbond substituents is 1. The van der Waals surface area contributed by atoms with Crippen LogP contribution in [0.25, 0.3) is 10.9 Å². The second-order valence-electron chi connectivity index (χ2n) is 7.37. The van der Waals surface area contributed by atoms with Crippen LogP contribution in [0.15, 0.2) is 42.7 Å². The van der Waals surface area contributed by atoms with Gasteiger partial charge in [-0.05, 0) is 24.3 Å². The Labute approximate surface area is 163 Å². The van der Waals surface area contributed by atoms with Crippen molar-refractivity contribution in [1.29, 1.82) is 0 Å². The van der Waals surface area contributed by atoms with Crippen LogP contribution in [0, 0.1) is 17.8 Å². The van der Waals surface area contributed by atoms with E-state index in [1.807, 2.05) is 45.0 Å². The minimum absolute atomic E-state index is 0.0687. The summed E-state index contributed by atoms with van der Waals surface area (Å²) < 4.78 is 5.57. The summed E-state index contributed by atoms with van der Waals surface area (Å²) in [6, 6.07) is 10.5. The van der Waals surface area contributed by atoms with E-state index in [0.29, 0.717) is 16.7 Å². The van der Waals surface area contributed by atoms with Crippen LogP contribution in [0.3, 0.4) is 0 Å². The summed E-state index contributed by atoms with van der Waals surface area (Å²) in [5.41, 5.74) is 1.53. The van der Waals surface area contributed by atoms with Crippen LogP contribution in [0.2, 0.25) is 0 Å². The summed E-state index contributed by atoms with van der Waals surface area (Å²) in [6.07, 6.45) is 6.85. The highest BCUT2D eigenvalue weighted by atomic mass is 16.5. The van der Waals surface area contributed by atoms with E-state index in [-0.39, 0.29) is 23.9 Å². The molecule has 0 amide bonds. The first-order valence-electron chi connectivity index (χ1n) is 8.75. The van der Waals surface area contributed by atoms with Crippen molar-refractivity contribution < 1.29 is 14.6 Å². The molecule has 3 aromatic rings. The molecule has 0 unspecified atom stereocenters. The molecule has 0 atom stereocenters. The van der Waals surface area contributed by atoms with Gasteiger partial charge in [-0.15, -0.1) is 6.42 Å². The van der Waals surface area contributed by atoms with Crippen molar-refractivity contribution in [2.45, 2.75) is 20.8 Å². The number of Topliss-reactive ketones (excluding diaryl/α,β-unsaturated/α-hetero) is 1. The molecule has 0 saturated heterocycles. The summed E-state index contributed by atoms with van der Waals surface area (Å²) in [6.45, 7) is 5.32. The summed E-state index contributed by atoms with van der Waals surface area (Å²) in [5, 5.41) is 14.1. The van der Waals surface area contributed by atoms with Crippen LogP contribution >= 0.6 is 0 Å². The van der Waals surface area contributed by atoms with Gasteiger partial charge in [0.25, 0.3) is 0 Å². The van der Waals surface area contributed by atoms with Crippen LogP contribution in [0.1, 0.15) is 26.3 Å². The largest absolute Gasteiger partial charge is 0.504 e. The van der Waals surface area contributed by atoms with Crippen molar-refractivity contribution in [3.63, 3.8) is 0 Å². The molecule has 0 aliphatic rings. The molecule has 142 valence electrons. The van der Waals surface area contributed by atoms with Gasteiger partial charge in [-0.1, -0.05) is 32.8 Å². The summed E-state index contributed by atoms with van der Waals surface area (Å²) in [7, 11) is 0. The maximum atomic E-state index is 12.1. The third kappa shape index (κ3) is 4.21. The Morgan fingerprint density at radius 3 is 2.75 bits per heavy atom. The lowest BCUT2D eigenvalue weighted by molar-refractivity contribution is -0.128. The van der Waals surface area contributed by atoms with Gasteiger partial charge < -0.3 is 15.2 Å². The first kappa shape index (κ1) is 19.2. The molecule has 3 rings (SSSR count). The molecule has 28 heavy (non-hydrogen) atoms. The number of nitrogens with one attached hydrogen (secondary N) is 1. The number of benzene rings is 2. The Balaban J connectivity index is 1.94. The number of ketones is 1. The van der Waals surface area contributed by atoms with Gasteiger partial charge in [0, 0.05) is 28.1 Å². The Morgan fingerprint density at radius 1 is 1.25 bits per heavy atom. The van der Waals surface area contributed by atoms with Crippen LogP contribution in [-0.2, 0) is 4.79 Å². The zero-order valence-corrected chi connectivity index (χ0v) is 16.0. The van der Waals surface area contributed by atoms with Crippen LogP contribution in [-0.4, -0.2) is 27.5 Å². The first-order chi connectivity index (χ1) is 13.3. The van der Waals surface area contributed by atoms with Crippen molar-refractivity contribution in [2.75, 3.05) is 11.9 Å². The fourth-order valence-electron chi connectivity index (χ4n) is 2.47. The standard InChI is InChI=1S/C22H21N3O3/c1-5-14-7-6-8-15(9-14)25-21-16-10-19(28-12-20(27)22(2,3)4)18(26)11-17(16)23-13-24-21/h1,6-11,13,26H,12H2,2-4H3,(H,23,24,25). The minimum Gasteiger partial charge on any atom is -0.504 e. The number of carbonyl (C=O) groups is 1. The van der Waals surface area contributed by atoms with E-state index in [2.05, 4.69) is 21.2 Å². The first-order valence-corrected chi connectivity index (χ1v) is 8.75. The van der Waals surface area contributed by atoms with Gasteiger partial charge in [-0.2, -0.15) is 0 Å². The van der Waals surface area contributed by atoms with Crippen LogP contribution in [0.4, 0.5) is 11.5 Å². The highest BCUT2D eigenvalue weighted by molar-refractivity contribution is 5.93. The van der Waals surface area contributed by atoms with E-state index >= 15 is 0 Å². The van der Waals surface area contributed by atoms with Gasteiger partial charge >= 0.3 is 0 Å². The molecule has 0 saturated carbocycles. The van der Waals surface area contributed by atoms with Crippen molar-refractivity contribution >= 4 is 28.2 Å². The van der Waals surface area contributed by atoms with E-state index in [0.717, 1.165) is 11.3 Å². The van der Waals surface area contributed by atoms with E-state index in [1.165, 1.54) is 12.4 Å². The molecule has 0 spiro atoms. The zero-order valence-electron chi connectivity index (χ0n) is 16.0. The molecule has 2 aromatic carbocycles. The molecule has 2 N–H and O–H groups in total. The van der Waals surface area contributed by atoms with Crippen molar-refractivity contribution in [2.24, 2.45) is 5.41 Å². The quantitative estimate of drug-likeness (QED) is 0.655. The number of rotatable bonds is 5. The molecule has 0 aliphatic heterocycles. The maximum absolute atomic E-state index is 12.1. The zero-order chi connectivity index (χ0) is 20.3. The lowest BCUT2D eigenvalue weighted by atomic mass is 9.91. The molecule has 0 radical (unpaired) electrons. The predicted octanol–water partition coefficient (Wildman–Crippen LogP) is 4.05. The molecule has 6 heteroatoms. The Kier molecular flexibility index (Phi) is 5.18. The van der Waals surface area contributed by atoms with Gasteiger partial charge in [0.05, 0.1) is 5.52 Å². The van der Waals surface area contributed by atoms with Gasteiger partial charge in [0.2, 0.25) is 0 Å². The second kappa shape index (κ2) is 7.57. The van der Waals surface area contributed by atoms with E-state index in [1.54, 1.807) is 6.07 Å². The summed E-state index contributed by atoms with van der Waals surface area (Å²) in [5.74, 6) is 3.16. The highest BCUT2D eigenvalue weighted by Crippen LogP contribution is 2.34. The monoisotopic (exact) mass is 375 g/mol. The Bertz CT molecular complexity index is 1080. The lowest BCUT2D eigenvalue weighted by Gasteiger charge is -2.17. The van der Waals surface area contributed by atoms with Gasteiger partial charge in [-0.3, -0.25) is 4.79 Å². The van der Waals surface area contributed by atoms with Gasteiger partial charge in [0.15, 0.2) is 17.3 Å². The van der Waals surface area contributed by atoms with Crippen LogP contribution in [0.5, 0.6) is 11.5 Å². The molecule has 6 nitrogen and oxygen atoms in total. The number of fused-ring (bicyclic) bond motifs is 1. The third-order valence-corrected chi connectivity index (χ3v) is 4.20. The highest BCUT2D eigenvalue weighted by Gasteiger charge is 2.22. The van der Waals surface area contributed by atoms with Crippen molar-refractivity contribution in [3.8, 4) is 23.8 Å². The van der Waals surface area contributed by atoms with Gasteiger partial charge in [0.1, 0.15) is 18.8 Å². The number of ether oxygens (including phenoxy) is 1. The normalized spacial score (nSPS) is 11.1. The number of terminal acetylenes is 1. The second-order valence-corrected chi connectivity index (χ2v) is 7.37. The number of hydrogen-bond acceptors (Lipinski definition) is 6. The molecule has 1 heterocycles. The smallest absolute Gasteiger partial charge is 0.175 e. The molecular weight excluding hydrogens is 354 g/mol.